The van der Waals surface area contributed by atoms with Crippen molar-refractivity contribution in [2.24, 2.45) is 0 Å². The molecule has 6 rings (SSSR count). The van der Waals surface area contributed by atoms with Gasteiger partial charge in [0.05, 0.1) is 14.2 Å². The van der Waals surface area contributed by atoms with Crippen molar-refractivity contribution in [2.75, 3.05) is 14.2 Å². The Labute approximate surface area is 269 Å². The van der Waals surface area contributed by atoms with E-state index in [0.717, 1.165) is 11.1 Å². The Kier molecular flexibility index (Phi) is 11.3. The van der Waals surface area contributed by atoms with Gasteiger partial charge in [-0.25, -0.2) is 0 Å². The lowest BCUT2D eigenvalue weighted by molar-refractivity contribution is 0.371. The predicted octanol–water partition coefficient (Wildman–Crippen LogP) is 10.3. The Morgan fingerprint density at radius 1 is 0.455 bits per heavy atom. The molecular weight excluding hydrogens is 582 g/mol. The van der Waals surface area contributed by atoms with Crippen LogP contribution in [0.5, 0.6) is 23.0 Å². The molecule has 4 nitrogen and oxygen atoms in total. The van der Waals surface area contributed by atoms with E-state index < -0.39 is 15.8 Å². The number of aromatic hydroxyl groups is 2. The minimum atomic E-state index is -0.517. The molecule has 4 aliphatic rings. The topological polar surface area (TPSA) is 58.9 Å². The summed E-state index contributed by atoms with van der Waals surface area (Å²) in [6.45, 7) is 0. The van der Waals surface area contributed by atoms with Crippen molar-refractivity contribution < 1.29 is 19.7 Å². The fourth-order valence-corrected chi connectivity index (χ4v) is 17.1. The largest absolute Gasteiger partial charge is 0.504 e. The number of hydrogen-bond acceptors (Lipinski definition) is 4. The predicted molar refractivity (Wildman–Crippen MR) is 189 cm³/mol. The summed E-state index contributed by atoms with van der Waals surface area (Å²) in [7, 11) is 2.28. The Bertz CT molecular complexity index is 1090. The van der Waals surface area contributed by atoms with E-state index in [4.69, 9.17) is 9.47 Å². The van der Waals surface area contributed by atoms with Crippen molar-refractivity contribution in [1.82, 2.24) is 0 Å². The first-order chi connectivity index (χ1) is 21.6. The third kappa shape index (κ3) is 6.79. The molecule has 0 atom stereocenters. The molecule has 0 spiro atoms. The summed E-state index contributed by atoms with van der Waals surface area (Å²) >= 11 is 0. The molecule has 44 heavy (non-hydrogen) atoms. The lowest BCUT2D eigenvalue weighted by Gasteiger charge is -2.41. The van der Waals surface area contributed by atoms with E-state index >= 15 is 0 Å². The highest BCUT2D eigenvalue weighted by Gasteiger charge is 2.39. The van der Waals surface area contributed by atoms with E-state index in [9.17, 15) is 10.2 Å². The molecule has 0 aliphatic heterocycles. The number of benzene rings is 2. The van der Waals surface area contributed by atoms with E-state index in [0.29, 0.717) is 34.1 Å². The molecule has 4 fully saturated rings. The van der Waals surface area contributed by atoms with Gasteiger partial charge in [0.2, 0.25) is 0 Å². The van der Waals surface area contributed by atoms with Gasteiger partial charge in [0.1, 0.15) is 0 Å². The highest BCUT2D eigenvalue weighted by molar-refractivity contribution is 7.68. The van der Waals surface area contributed by atoms with Gasteiger partial charge >= 0.3 is 0 Å². The number of ether oxygens (including phenoxy) is 2. The Morgan fingerprint density at radius 2 is 0.727 bits per heavy atom. The van der Waals surface area contributed by atoms with Gasteiger partial charge in [-0.3, -0.25) is 0 Å². The van der Waals surface area contributed by atoms with Crippen LogP contribution in [0.2, 0.25) is 0 Å². The quantitative estimate of drug-likeness (QED) is 0.268. The fourth-order valence-electron chi connectivity index (χ4n) is 9.20. The van der Waals surface area contributed by atoms with Crippen molar-refractivity contribution >= 4 is 26.5 Å². The van der Waals surface area contributed by atoms with Crippen LogP contribution < -0.4 is 20.1 Å². The van der Waals surface area contributed by atoms with Crippen LogP contribution >= 0.6 is 15.8 Å². The molecule has 0 amide bonds. The van der Waals surface area contributed by atoms with Crippen LogP contribution in [0, 0.1) is 0 Å². The maximum absolute atomic E-state index is 12.2. The van der Waals surface area contributed by atoms with Crippen LogP contribution in [0.3, 0.4) is 0 Å². The molecule has 2 aromatic carbocycles. The number of methoxy groups -OCH3 is 2. The average molecular weight is 639 g/mol. The number of hydrogen-bond donors (Lipinski definition) is 2. The second-order valence-corrected chi connectivity index (χ2v) is 19.5. The maximum atomic E-state index is 12.2. The summed E-state index contributed by atoms with van der Waals surface area (Å²) in [6, 6.07) is 8.62. The fraction of sp³-hybridized carbons (Fsp3) is 0.684. The average Bonchev–Trinajstić information content (AvgIpc) is 3.08. The molecule has 0 aromatic heterocycles. The van der Waals surface area contributed by atoms with Gasteiger partial charge in [-0.15, -0.1) is 0 Å². The van der Waals surface area contributed by atoms with Crippen LogP contribution in [0.4, 0.5) is 0 Å². The molecule has 0 bridgehead atoms. The monoisotopic (exact) mass is 638 g/mol. The van der Waals surface area contributed by atoms with Gasteiger partial charge in [0.25, 0.3) is 0 Å². The SMILES string of the molecule is COc1ccc(P(C2CCCCC2)C2CCCCC2)c(-c2c(P(C3CCCCC3)C3CCCCC3)ccc(OC)c2O)c1O. The molecule has 2 aromatic rings. The minimum Gasteiger partial charge on any atom is -0.504 e. The Balaban J connectivity index is 1.58. The summed E-state index contributed by atoms with van der Waals surface area (Å²) in [5.74, 6) is 1.46. The second-order valence-electron chi connectivity index (χ2n) is 14.0. The van der Waals surface area contributed by atoms with Crippen molar-refractivity contribution in [3.63, 3.8) is 0 Å². The minimum absolute atomic E-state index is 0.219. The Morgan fingerprint density at radius 3 is 0.977 bits per heavy atom. The highest BCUT2D eigenvalue weighted by Crippen LogP contribution is 2.61. The van der Waals surface area contributed by atoms with E-state index in [1.165, 1.54) is 139 Å². The first kappa shape index (κ1) is 32.4. The summed E-state index contributed by atoms with van der Waals surface area (Å²) in [6.07, 6.45) is 26.3. The molecule has 6 heteroatoms. The molecule has 4 aliphatic carbocycles. The number of phenolic OH excluding ortho intramolecular Hbond substituents is 2. The van der Waals surface area contributed by atoms with E-state index in [2.05, 4.69) is 12.1 Å². The van der Waals surface area contributed by atoms with E-state index in [1.54, 1.807) is 14.2 Å². The molecule has 242 valence electrons. The maximum Gasteiger partial charge on any atom is 0.166 e. The zero-order chi connectivity index (χ0) is 30.5. The first-order valence-corrected chi connectivity index (χ1v) is 20.9. The third-order valence-electron chi connectivity index (χ3n) is 11.4. The second kappa shape index (κ2) is 15.4. The summed E-state index contributed by atoms with van der Waals surface area (Å²) < 4.78 is 11.6. The normalized spacial score (nSPS) is 21.6. The van der Waals surface area contributed by atoms with Crippen molar-refractivity contribution in [3.05, 3.63) is 24.3 Å². The molecule has 0 unspecified atom stereocenters. The number of phenols is 2. The zero-order valence-corrected chi connectivity index (χ0v) is 29.2. The molecule has 0 heterocycles. The van der Waals surface area contributed by atoms with Crippen LogP contribution in [-0.4, -0.2) is 47.1 Å². The van der Waals surface area contributed by atoms with Crippen molar-refractivity contribution in [2.45, 2.75) is 151 Å². The van der Waals surface area contributed by atoms with Crippen molar-refractivity contribution in [3.8, 4) is 34.1 Å². The first-order valence-electron chi connectivity index (χ1n) is 18.0. The smallest absolute Gasteiger partial charge is 0.166 e. The summed E-state index contributed by atoms with van der Waals surface area (Å²) in [4.78, 5) is 0. The van der Waals surface area contributed by atoms with Crippen molar-refractivity contribution in [1.29, 1.82) is 0 Å². The van der Waals surface area contributed by atoms with Crippen LogP contribution in [0.25, 0.3) is 11.1 Å². The van der Waals surface area contributed by atoms with Crippen LogP contribution in [0.1, 0.15) is 128 Å². The Hall–Kier alpha value is -1.50. The van der Waals surface area contributed by atoms with Crippen LogP contribution in [0.15, 0.2) is 24.3 Å². The van der Waals surface area contributed by atoms with Gasteiger partial charge in [-0.1, -0.05) is 92.9 Å². The number of rotatable bonds is 9. The molecular formula is C38H56O4P2. The van der Waals surface area contributed by atoms with Gasteiger partial charge < -0.3 is 19.7 Å². The standard InChI is InChI=1S/C38H56O4P2/c1-41-31-23-25-33(43(27-15-7-3-8-16-27)28-17-9-4-10-18-28)35(37(31)39)36-34(26-24-32(42-2)38(36)40)44(29-19-11-5-12-20-29)30-21-13-6-14-22-30/h23-30,39-40H,3-22H2,1-2H3. The van der Waals surface area contributed by atoms with E-state index in [-0.39, 0.29) is 11.5 Å². The summed E-state index contributed by atoms with van der Waals surface area (Å²) in [5, 5.41) is 27.1. The lowest BCUT2D eigenvalue weighted by Crippen LogP contribution is -2.29. The molecule has 4 saturated carbocycles. The highest BCUT2D eigenvalue weighted by atomic mass is 31.1. The van der Waals surface area contributed by atoms with Gasteiger partial charge in [0.15, 0.2) is 23.0 Å². The molecule has 2 N–H and O–H groups in total. The van der Waals surface area contributed by atoms with Gasteiger partial charge in [-0.05, 0) is 109 Å². The van der Waals surface area contributed by atoms with Gasteiger partial charge in [0, 0.05) is 11.1 Å². The van der Waals surface area contributed by atoms with E-state index in [1.807, 2.05) is 12.1 Å². The third-order valence-corrected chi connectivity index (χ3v) is 18.4. The zero-order valence-electron chi connectivity index (χ0n) is 27.4. The summed E-state index contributed by atoms with van der Waals surface area (Å²) in [5.41, 5.74) is 4.48. The lowest BCUT2D eigenvalue weighted by atomic mass is 9.99. The molecule has 0 radical (unpaired) electrons. The van der Waals surface area contributed by atoms with Crippen LogP contribution in [-0.2, 0) is 0 Å². The van der Waals surface area contributed by atoms with Gasteiger partial charge in [-0.2, -0.15) is 0 Å². The molecule has 0 saturated heterocycles.